The number of nitrogens with one attached hydrogen (secondary N) is 1. The Bertz CT molecular complexity index is 578. The average Bonchev–Trinajstić information content (AvgIpc) is 2.43. The van der Waals surface area contributed by atoms with Gasteiger partial charge in [0, 0.05) is 5.54 Å². The Morgan fingerprint density at radius 1 is 0.905 bits per heavy atom. The molecule has 0 spiro atoms. The maximum atomic E-state index is 3.56. The fraction of sp³-hybridized carbons (Fsp3) is 0.500. The van der Waals surface area contributed by atoms with Crippen molar-refractivity contribution in [2.45, 2.75) is 58.9 Å². The summed E-state index contributed by atoms with van der Waals surface area (Å²) in [5.41, 5.74) is 3.21. The third kappa shape index (κ3) is 4.86. The molecule has 2 aromatic carbocycles. The number of hydrogen-bond acceptors (Lipinski definition) is 1. The maximum Gasteiger partial charge on any atom is 0.00965 e. The molecule has 0 saturated carbocycles. The molecular formula is C20H29N. The minimum atomic E-state index is 0.242. The van der Waals surface area contributed by atoms with E-state index >= 15 is 0 Å². The fourth-order valence-electron chi connectivity index (χ4n) is 2.84. The second-order valence-corrected chi connectivity index (χ2v) is 7.07. The molecule has 0 saturated heterocycles. The second kappa shape index (κ2) is 7.09. The van der Waals surface area contributed by atoms with Gasteiger partial charge in [-0.3, -0.25) is 0 Å². The molecule has 2 rings (SSSR count). The molecular weight excluding hydrogens is 254 g/mol. The van der Waals surface area contributed by atoms with Crippen LogP contribution in [0.1, 0.15) is 51.2 Å². The zero-order valence-electron chi connectivity index (χ0n) is 14.0. The average molecular weight is 283 g/mol. The molecule has 1 nitrogen and oxygen atoms in total. The lowest BCUT2D eigenvalue weighted by Crippen LogP contribution is -2.36. The third-order valence-electron chi connectivity index (χ3n) is 4.03. The monoisotopic (exact) mass is 283 g/mol. The smallest absolute Gasteiger partial charge is 0.00965 e. The molecule has 0 bridgehead atoms. The van der Waals surface area contributed by atoms with Gasteiger partial charge >= 0.3 is 0 Å². The Kier molecular flexibility index (Phi) is 5.41. The normalized spacial score (nSPS) is 12.0. The third-order valence-corrected chi connectivity index (χ3v) is 4.03. The van der Waals surface area contributed by atoms with Gasteiger partial charge in [-0.1, -0.05) is 42.8 Å². The lowest BCUT2D eigenvalue weighted by Gasteiger charge is -2.20. The van der Waals surface area contributed by atoms with Crippen molar-refractivity contribution in [2.24, 2.45) is 0 Å². The minimum Gasteiger partial charge on any atom is -0.312 e. The van der Waals surface area contributed by atoms with Crippen molar-refractivity contribution < 1.29 is 0 Å². The molecule has 0 unspecified atom stereocenters. The molecule has 0 atom stereocenters. The first-order chi connectivity index (χ1) is 9.97. The molecule has 0 radical (unpaired) electrons. The summed E-state index contributed by atoms with van der Waals surface area (Å²) >= 11 is 0. The van der Waals surface area contributed by atoms with Crippen LogP contribution in [-0.4, -0.2) is 12.1 Å². The quantitative estimate of drug-likeness (QED) is 0.714. The summed E-state index contributed by atoms with van der Waals surface area (Å²) in [6.45, 7) is 10.0. The van der Waals surface area contributed by atoms with E-state index in [2.05, 4.69) is 69.4 Å². The standard InChI is InChI=1S/C20H29N/c1-16-13-14-17-10-7-8-12-19(17)18(16)11-6-5-9-15-21-20(2,3)4/h7-8,10,12-14,21H,5-6,9,11,15H2,1-4H3. The number of hydrogen-bond donors (Lipinski definition) is 1. The first-order valence-electron chi connectivity index (χ1n) is 8.20. The number of fused-ring (bicyclic) bond motifs is 1. The van der Waals surface area contributed by atoms with Crippen LogP contribution in [0.5, 0.6) is 0 Å². The zero-order chi connectivity index (χ0) is 15.3. The van der Waals surface area contributed by atoms with Crippen LogP contribution in [0.25, 0.3) is 10.8 Å². The van der Waals surface area contributed by atoms with Gasteiger partial charge in [-0.2, -0.15) is 0 Å². The van der Waals surface area contributed by atoms with E-state index in [0.717, 1.165) is 6.54 Å². The molecule has 0 aromatic heterocycles. The van der Waals surface area contributed by atoms with Crippen LogP contribution in [0, 0.1) is 6.92 Å². The Labute approximate surface area is 129 Å². The van der Waals surface area contributed by atoms with Crippen LogP contribution in [0.3, 0.4) is 0 Å². The van der Waals surface area contributed by atoms with E-state index in [1.165, 1.54) is 47.6 Å². The molecule has 0 aliphatic carbocycles. The van der Waals surface area contributed by atoms with Gasteiger partial charge in [-0.15, -0.1) is 0 Å². The number of aryl methyl sites for hydroxylation is 2. The summed E-state index contributed by atoms with van der Waals surface area (Å²) in [6.07, 6.45) is 5.04. The molecule has 0 heterocycles. The highest BCUT2D eigenvalue weighted by Crippen LogP contribution is 2.23. The van der Waals surface area contributed by atoms with Gasteiger partial charge in [0.05, 0.1) is 0 Å². The summed E-state index contributed by atoms with van der Waals surface area (Å²) in [4.78, 5) is 0. The van der Waals surface area contributed by atoms with Gasteiger partial charge in [-0.25, -0.2) is 0 Å². The molecule has 1 N–H and O–H groups in total. The van der Waals surface area contributed by atoms with Gasteiger partial charge in [0.1, 0.15) is 0 Å². The van der Waals surface area contributed by atoms with Crippen LogP contribution in [0.4, 0.5) is 0 Å². The van der Waals surface area contributed by atoms with E-state index in [4.69, 9.17) is 0 Å². The van der Waals surface area contributed by atoms with Crippen LogP contribution >= 0.6 is 0 Å². The van der Waals surface area contributed by atoms with Crippen molar-refractivity contribution in [1.82, 2.24) is 5.32 Å². The zero-order valence-corrected chi connectivity index (χ0v) is 14.0. The van der Waals surface area contributed by atoms with Gasteiger partial charge in [0.2, 0.25) is 0 Å². The van der Waals surface area contributed by atoms with Crippen molar-refractivity contribution in [3.63, 3.8) is 0 Å². The van der Waals surface area contributed by atoms with E-state index in [-0.39, 0.29) is 5.54 Å². The SMILES string of the molecule is Cc1ccc2ccccc2c1CCCCCNC(C)(C)C. The highest BCUT2D eigenvalue weighted by Gasteiger charge is 2.07. The van der Waals surface area contributed by atoms with Crippen molar-refractivity contribution in [3.8, 4) is 0 Å². The Hall–Kier alpha value is -1.34. The Morgan fingerprint density at radius 3 is 2.43 bits per heavy atom. The van der Waals surface area contributed by atoms with Crippen LogP contribution in [0.15, 0.2) is 36.4 Å². The molecule has 2 aromatic rings. The molecule has 0 aliphatic rings. The van der Waals surface area contributed by atoms with E-state index in [0.29, 0.717) is 0 Å². The fourth-order valence-corrected chi connectivity index (χ4v) is 2.84. The molecule has 0 amide bonds. The number of benzene rings is 2. The van der Waals surface area contributed by atoms with E-state index in [1.54, 1.807) is 0 Å². The Balaban J connectivity index is 1.88. The van der Waals surface area contributed by atoms with E-state index < -0.39 is 0 Å². The molecule has 21 heavy (non-hydrogen) atoms. The molecule has 1 heteroatoms. The predicted octanol–water partition coefficient (Wildman–Crippen LogP) is 5.25. The van der Waals surface area contributed by atoms with Crippen molar-refractivity contribution in [2.75, 3.05) is 6.54 Å². The van der Waals surface area contributed by atoms with E-state index in [1.807, 2.05) is 0 Å². The van der Waals surface area contributed by atoms with Crippen LogP contribution < -0.4 is 5.32 Å². The van der Waals surface area contributed by atoms with E-state index in [9.17, 15) is 0 Å². The first kappa shape index (κ1) is 16.0. The van der Waals surface area contributed by atoms with Crippen molar-refractivity contribution in [1.29, 1.82) is 0 Å². The molecule has 114 valence electrons. The summed E-state index contributed by atoms with van der Waals surface area (Å²) in [5, 5.41) is 6.37. The first-order valence-corrected chi connectivity index (χ1v) is 8.20. The number of unbranched alkanes of at least 4 members (excludes halogenated alkanes) is 2. The van der Waals surface area contributed by atoms with Crippen molar-refractivity contribution >= 4 is 10.8 Å². The summed E-state index contributed by atoms with van der Waals surface area (Å²) in [6, 6.07) is 13.3. The maximum absolute atomic E-state index is 3.56. The highest BCUT2D eigenvalue weighted by molar-refractivity contribution is 5.86. The van der Waals surface area contributed by atoms with Crippen molar-refractivity contribution in [3.05, 3.63) is 47.5 Å². The van der Waals surface area contributed by atoms with Crippen LogP contribution in [0.2, 0.25) is 0 Å². The topological polar surface area (TPSA) is 12.0 Å². The summed E-state index contributed by atoms with van der Waals surface area (Å²) < 4.78 is 0. The summed E-state index contributed by atoms with van der Waals surface area (Å²) in [7, 11) is 0. The largest absolute Gasteiger partial charge is 0.312 e. The van der Waals surface area contributed by atoms with Gasteiger partial charge in [0.25, 0.3) is 0 Å². The Morgan fingerprint density at radius 2 is 1.67 bits per heavy atom. The highest BCUT2D eigenvalue weighted by atomic mass is 14.9. The van der Waals surface area contributed by atoms with Gasteiger partial charge in [-0.05, 0) is 75.4 Å². The molecule has 0 fully saturated rings. The van der Waals surface area contributed by atoms with Gasteiger partial charge < -0.3 is 5.32 Å². The van der Waals surface area contributed by atoms with Gasteiger partial charge in [0.15, 0.2) is 0 Å². The summed E-state index contributed by atoms with van der Waals surface area (Å²) in [5.74, 6) is 0. The minimum absolute atomic E-state index is 0.242. The van der Waals surface area contributed by atoms with Crippen LogP contribution in [-0.2, 0) is 6.42 Å². The number of rotatable bonds is 6. The molecule has 0 aliphatic heterocycles. The predicted molar refractivity (Wildman–Crippen MR) is 94.0 cm³/mol. The lowest BCUT2D eigenvalue weighted by atomic mass is 9.95. The lowest BCUT2D eigenvalue weighted by molar-refractivity contribution is 0.417. The second-order valence-electron chi connectivity index (χ2n) is 7.07.